The van der Waals surface area contributed by atoms with E-state index in [4.69, 9.17) is 4.74 Å². The van der Waals surface area contributed by atoms with Crippen LogP contribution in [-0.2, 0) is 6.61 Å². The van der Waals surface area contributed by atoms with Crippen LogP contribution in [-0.4, -0.2) is 10.1 Å². The number of fused-ring (bicyclic) bond motifs is 1. The van der Waals surface area contributed by atoms with Crippen molar-refractivity contribution >= 4 is 26.8 Å². The number of ether oxygens (including phenoxy) is 1. The molecule has 1 aromatic heterocycles. The molecule has 3 rings (SSSR count). The van der Waals surface area contributed by atoms with E-state index in [1.54, 1.807) is 18.2 Å². The van der Waals surface area contributed by atoms with Crippen molar-refractivity contribution in [1.82, 2.24) is 4.98 Å². The highest BCUT2D eigenvalue weighted by Gasteiger charge is 2.10. The topological polar surface area (TPSA) is 42.4 Å². The van der Waals surface area contributed by atoms with Gasteiger partial charge >= 0.3 is 0 Å². The van der Waals surface area contributed by atoms with Crippen LogP contribution in [0.5, 0.6) is 11.5 Å². The molecule has 0 fully saturated rings. The van der Waals surface area contributed by atoms with Crippen LogP contribution in [0.15, 0.2) is 53.0 Å². The van der Waals surface area contributed by atoms with Crippen molar-refractivity contribution in [1.29, 1.82) is 0 Å². The molecule has 5 heteroatoms. The number of aliphatic hydroxyl groups excluding tert-OH is 1. The van der Waals surface area contributed by atoms with Gasteiger partial charge in [-0.2, -0.15) is 0 Å². The highest BCUT2D eigenvalue weighted by atomic mass is 79.9. The number of hydrogen-bond donors (Lipinski definition) is 1. The van der Waals surface area contributed by atoms with Gasteiger partial charge in [0.1, 0.15) is 5.75 Å². The molecule has 0 saturated heterocycles. The molecule has 0 aliphatic carbocycles. The first-order chi connectivity index (χ1) is 10.2. The summed E-state index contributed by atoms with van der Waals surface area (Å²) in [4.78, 5) is 4.30. The van der Waals surface area contributed by atoms with Gasteiger partial charge in [-0.3, -0.25) is 4.98 Å². The zero-order valence-electron chi connectivity index (χ0n) is 10.9. The Bertz CT molecular complexity index is 807. The lowest BCUT2D eigenvalue weighted by Crippen LogP contribution is -1.95. The summed E-state index contributed by atoms with van der Waals surface area (Å²) >= 11 is 3.21. The molecule has 2 aromatic carbocycles. The minimum Gasteiger partial charge on any atom is -0.454 e. The summed E-state index contributed by atoms with van der Waals surface area (Å²) in [5.41, 5.74) is 1.16. The maximum Gasteiger partial charge on any atom is 0.166 e. The lowest BCUT2D eigenvalue weighted by molar-refractivity contribution is 0.276. The lowest BCUT2D eigenvalue weighted by Gasteiger charge is -2.11. The molecule has 106 valence electrons. The molecule has 0 saturated carbocycles. The summed E-state index contributed by atoms with van der Waals surface area (Å²) in [6.07, 6.45) is 0. The number of aliphatic hydroxyl groups is 1. The van der Waals surface area contributed by atoms with E-state index in [1.807, 2.05) is 24.3 Å². The van der Waals surface area contributed by atoms with E-state index in [0.717, 1.165) is 5.39 Å². The Morgan fingerprint density at radius 2 is 1.90 bits per heavy atom. The number of hydrogen-bond acceptors (Lipinski definition) is 3. The second kappa shape index (κ2) is 5.79. The van der Waals surface area contributed by atoms with Crippen LogP contribution in [0.4, 0.5) is 4.39 Å². The van der Waals surface area contributed by atoms with E-state index in [9.17, 15) is 9.50 Å². The Morgan fingerprint density at radius 3 is 2.67 bits per heavy atom. The van der Waals surface area contributed by atoms with Crippen molar-refractivity contribution in [2.75, 3.05) is 0 Å². The van der Waals surface area contributed by atoms with Crippen LogP contribution in [0.25, 0.3) is 10.9 Å². The fraction of sp³-hybridized carbons (Fsp3) is 0.0625. The van der Waals surface area contributed by atoms with Gasteiger partial charge in [-0.1, -0.05) is 28.1 Å². The monoisotopic (exact) mass is 347 g/mol. The minimum absolute atomic E-state index is 0.124. The highest BCUT2D eigenvalue weighted by Crippen LogP contribution is 2.32. The minimum atomic E-state index is -0.462. The molecule has 0 aliphatic rings. The van der Waals surface area contributed by atoms with Gasteiger partial charge in [-0.25, -0.2) is 4.39 Å². The van der Waals surface area contributed by atoms with Gasteiger partial charge in [-0.05, 0) is 30.3 Å². The molecule has 0 atom stereocenters. The summed E-state index contributed by atoms with van der Waals surface area (Å²) in [5.74, 6) is 0.125. The first-order valence-corrected chi connectivity index (χ1v) is 7.09. The Balaban J connectivity index is 2.10. The van der Waals surface area contributed by atoms with Gasteiger partial charge in [-0.15, -0.1) is 0 Å². The van der Waals surface area contributed by atoms with Crippen molar-refractivity contribution < 1.29 is 14.2 Å². The SMILES string of the molecule is OCc1cc(Oc2ccc(Br)cc2F)c2ccccc2n1. The number of aromatic nitrogens is 1. The molecule has 3 nitrogen and oxygen atoms in total. The molecule has 3 aromatic rings. The average Bonchev–Trinajstić information content (AvgIpc) is 2.49. The van der Waals surface area contributed by atoms with E-state index >= 15 is 0 Å². The Kier molecular flexibility index (Phi) is 3.86. The second-order valence-electron chi connectivity index (χ2n) is 4.46. The molecule has 0 radical (unpaired) electrons. The van der Waals surface area contributed by atoms with Crippen LogP contribution in [0, 0.1) is 5.82 Å². The van der Waals surface area contributed by atoms with E-state index in [2.05, 4.69) is 20.9 Å². The average molecular weight is 348 g/mol. The van der Waals surface area contributed by atoms with Crippen LogP contribution in [0.3, 0.4) is 0 Å². The molecule has 0 unspecified atom stereocenters. The third kappa shape index (κ3) is 2.89. The third-order valence-corrected chi connectivity index (χ3v) is 3.50. The number of benzene rings is 2. The second-order valence-corrected chi connectivity index (χ2v) is 5.38. The van der Waals surface area contributed by atoms with E-state index in [0.29, 0.717) is 21.4 Å². The van der Waals surface area contributed by atoms with Crippen LogP contribution >= 0.6 is 15.9 Å². The maximum atomic E-state index is 13.9. The van der Waals surface area contributed by atoms with Crippen molar-refractivity contribution in [2.45, 2.75) is 6.61 Å². The predicted octanol–water partition coefficient (Wildman–Crippen LogP) is 4.42. The van der Waals surface area contributed by atoms with Gasteiger partial charge < -0.3 is 9.84 Å². The Morgan fingerprint density at radius 1 is 1.10 bits per heavy atom. The molecule has 1 heterocycles. The molecule has 0 spiro atoms. The van der Waals surface area contributed by atoms with E-state index < -0.39 is 5.82 Å². The summed E-state index contributed by atoms with van der Waals surface area (Å²) in [7, 11) is 0. The van der Waals surface area contributed by atoms with Crippen LogP contribution in [0.1, 0.15) is 5.69 Å². The van der Waals surface area contributed by atoms with E-state index in [1.165, 1.54) is 6.07 Å². The fourth-order valence-corrected chi connectivity index (χ4v) is 2.37. The van der Waals surface area contributed by atoms with Crippen molar-refractivity contribution in [3.8, 4) is 11.5 Å². The van der Waals surface area contributed by atoms with Gasteiger partial charge in [0.05, 0.1) is 17.8 Å². The van der Waals surface area contributed by atoms with E-state index in [-0.39, 0.29) is 12.4 Å². The molecule has 0 amide bonds. The first-order valence-electron chi connectivity index (χ1n) is 6.30. The summed E-state index contributed by atoms with van der Waals surface area (Å²) in [6, 6.07) is 13.6. The molecular formula is C16H11BrFNO2. The van der Waals surface area contributed by atoms with Crippen molar-refractivity contribution in [2.24, 2.45) is 0 Å². The van der Waals surface area contributed by atoms with Crippen LogP contribution < -0.4 is 4.74 Å². The zero-order chi connectivity index (χ0) is 14.8. The van der Waals surface area contributed by atoms with Gasteiger partial charge in [0.15, 0.2) is 11.6 Å². The summed E-state index contributed by atoms with van der Waals surface area (Å²) < 4.78 is 20.2. The lowest BCUT2D eigenvalue weighted by atomic mass is 10.2. The summed E-state index contributed by atoms with van der Waals surface area (Å²) in [5, 5.41) is 10.0. The van der Waals surface area contributed by atoms with Crippen molar-refractivity contribution in [3.63, 3.8) is 0 Å². The predicted molar refractivity (Wildman–Crippen MR) is 81.8 cm³/mol. The van der Waals surface area contributed by atoms with Gasteiger partial charge in [0, 0.05) is 15.9 Å². The third-order valence-electron chi connectivity index (χ3n) is 3.01. The van der Waals surface area contributed by atoms with Gasteiger partial charge in [0.2, 0.25) is 0 Å². The normalized spacial score (nSPS) is 10.8. The largest absolute Gasteiger partial charge is 0.454 e. The number of para-hydroxylation sites is 1. The Labute approximate surface area is 129 Å². The quantitative estimate of drug-likeness (QED) is 0.762. The molecular weight excluding hydrogens is 337 g/mol. The number of halogens is 2. The molecule has 1 N–H and O–H groups in total. The van der Waals surface area contributed by atoms with Crippen LogP contribution in [0.2, 0.25) is 0 Å². The fourth-order valence-electron chi connectivity index (χ4n) is 2.04. The smallest absolute Gasteiger partial charge is 0.166 e. The molecule has 21 heavy (non-hydrogen) atoms. The first kappa shape index (κ1) is 14.0. The maximum absolute atomic E-state index is 13.9. The molecule has 0 bridgehead atoms. The summed E-state index contributed by atoms with van der Waals surface area (Å²) in [6.45, 7) is -0.204. The standard InChI is InChI=1S/C16H11BrFNO2/c17-10-5-6-15(13(18)7-10)21-16-8-11(9-20)19-14-4-2-1-3-12(14)16/h1-8,20H,9H2. The number of pyridine rings is 1. The zero-order valence-corrected chi connectivity index (χ0v) is 12.5. The molecule has 0 aliphatic heterocycles. The number of rotatable bonds is 3. The highest BCUT2D eigenvalue weighted by molar-refractivity contribution is 9.10. The Hall–Kier alpha value is -1.98. The van der Waals surface area contributed by atoms with Gasteiger partial charge in [0.25, 0.3) is 0 Å². The number of nitrogens with zero attached hydrogens (tertiary/aromatic N) is 1. The van der Waals surface area contributed by atoms with Crippen molar-refractivity contribution in [3.05, 3.63) is 64.5 Å².